The molecule has 33 heavy (non-hydrogen) atoms. The highest BCUT2D eigenvalue weighted by atomic mass is 32.2. The lowest BCUT2D eigenvalue weighted by Gasteiger charge is -2.34. The summed E-state index contributed by atoms with van der Waals surface area (Å²) in [7, 11) is -3.67. The van der Waals surface area contributed by atoms with Gasteiger partial charge in [0.2, 0.25) is 10.0 Å². The maximum atomic E-state index is 13.6. The van der Waals surface area contributed by atoms with Crippen LogP contribution in [0.1, 0.15) is 5.56 Å². The third-order valence-corrected chi connectivity index (χ3v) is 7.94. The molecule has 0 bridgehead atoms. The van der Waals surface area contributed by atoms with Crippen molar-refractivity contribution in [2.24, 2.45) is 0 Å². The molecule has 1 aliphatic rings. The zero-order chi connectivity index (χ0) is 23.0. The molecule has 1 aliphatic heterocycles. The minimum atomic E-state index is -3.67. The van der Waals surface area contributed by atoms with Gasteiger partial charge in [-0.05, 0) is 53.6 Å². The van der Waals surface area contributed by atoms with Gasteiger partial charge in [0.15, 0.2) is 5.82 Å². The maximum Gasteiger partial charge on any atom is 0.243 e. The van der Waals surface area contributed by atoms with Crippen LogP contribution in [0, 0.1) is 12.7 Å². The summed E-state index contributed by atoms with van der Waals surface area (Å²) in [4.78, 5) is 2.15. The van der Waals surface area contributed by atoms with Gasteiger partial charge in [0.05, 0.1) is 10.6 Å². The highest BCUT2D eigenvalue weighted by Crippen LogP contribution is 2.28. The zero-order valence-corrected chi connectivity index (χ0v) is 19.0. The van der Waals surface area contributed by atoms with Crippen molar-refractivity contribution in [2.75, 3.05) is 31.1 Å². The van der Waals surface area contributed by atoms with Gasteiger partial charge in [-0.2, -0.15) is 4.31 Å². The first-order chi connectivity index (χ1) is 15.9. The van der Waals surface area contributed by atoms with E-state index in [2.05, 4.69) is 28.4 Å². The highest BCUT2D eigenvalue weighted by Gasteiger charge is 2.29. The van der Waals surface area contributed by atoms with Gasteiger partial charge in [-0.1, -0.05) is 42.5 Å². The van der Waals surface area contributed by atoms with Crippen molar-refractivity contribution in [2.45, 2.75) is 11.8 Å². The molecule has 4 aromatic rings. The molecule has 168 valence electrons. The van der Waals surface area contributed by atoms with Gasteiger partial charge in [-0.15, -0.1) is 10.2 Å². The number of rotatable bonds is 4. The first-order valence-corrected chi connectivity index (χ1v) is 12.2. The third-order valence-electron chi connectivity index (χ3n) is 6.05. The van der Waals surface area contributed by atoms with Crippen LogP contribution in [0.25, 0.3) is 22.0 Å². The van der Waals surface area contributed by atoms with Crippen LogP contribution in [0.15, 0.2) is 77.7 Å². The van der Waals surface area contributed by atoms with Gasteiger partial charge in [0.25, 0.3) is 0 Å². The molecule has 3 aromatic carbocycles. The fourth-order valence-electron chi connectivity index (χ4n) is 4.17. The van der Waals surface area contributed by atoms with Gasteiger partial charge < -0.3 is 4.90 Å². The summed E-state index contributed by atoms with van der Waals surface area (Å²) in [6, 6.07) is 22.1. The van der Waals surface area contributed by atoms with Gasteiger partial charge in [0, 0.05) is 31.7 Å². The zero-order valence-electron chi connectivity index (χ0n) is 18.1. The fraction of sp³-hybridized carbons (Fsp3) is 0.200. The predicted octanol–water partition coefficient (Wildman–Crippen LogP) is 4.26. The molecule has 1 aromatic heterocycles. The number of hydrogen-bond donors (Lipinski definition) is 0. The lowest BCUT2D eigenvalue weighted by molar-refractivity contribution is 0.383. The van der Waals surface area contributed by atoms with E-state index >= 15 is 0 Å². The second-order valence-corrected chi connectivity index (χ2v) is 10.0. The van der Waals surface area contributed by atoms with E-state index in [-0.39, 0.29) is 4.90 Å². The number of aromatic nitrogens is 2. The molecular formula is C25H23FN4O2S. The summed E-state index contributed by atoms with van der Waals surface area (Å²) in [6.07, 6.45) is 0. The molecule has 8 heteroatoms. The molecule has 0 radical (unpaired) electrons. The Morgan fingerprint density at radius 3 is 2.33 bits per heavy atom. The van der Waals surface area contributed by atoms with E-state index in [0.29, 0.717) is 37.6 Å². The SMILES string of the molecule is Cc1cc(S(=O)(=O)N2CCN(c3ccc(-c4cccc5ccccc45)nn3)CC2)ccc1F. The monoisotopic (exact) mass is 462 g/mol. The Hall–Kier alpha value is -3.36. The average molecular weight is 463 g/mol. The van der Waals surface area contributed by atoms with Crippen molar-refractivity contribution in [3.63, 3.8) is 0 Å². The summed E-state index contributed by atoms with van der Waals surface area (Å²) in [6.45, 7) is 3.22. The summed E-state index contributed by atoms with van der Waals surface area (Å²) in [5.41, 5.74) is 2.14. The van der Waals surface area contributed by atoms with Crippen LogP contribution in [0.3, 0.4) is 0 Å². The van der Waals surface area contributed by atoms with Crippen molar-refractivity contribution >= 4 is 26.6 Å². The molecule has 2 heterocycles. The smallest absolute Gasteiger partial charge is 0.243 e. The average Bonchev–Trinajstić information content (AvgIpc) is 2.85. The minimum Gasteiger partial charge on any atom is -0.352 e. The van der Waals surface area contributed by atoms with Crippen LogP contribution in [0.5, 0.6) is 0 Å². The predicted molar refractivity (Wildman–Crippen MR) is 127 cm³/mol. The van der Waals surface area contributed by atoms with Crippen LogP contribution in [0.4, 0.5) is 10.2 Å². The summed E-state index contributed by atoms with van der Waals surface area (Å²) >= 11 is 0. The van der Waals surface area contributed by atoms with Gasteiger partial charge >= 0.3 is 0 Å². The summed E-state index contributed by atoms with van der Waals surface area (Å²) in [5, 5.41) is 11.1. The molecule has 0 spiro atoms. The van der Waals surface area contributed by atoms with Gasteiger partial charge in [-0.25, -0.2) is 12.8 Å². The maximum absolute atomic E-state index is 13.6. The van der Waals surface area contributed by atoms with E-state index in [4.69, 9.17) is 0 Å². The third kappa shape index (κ3) is 4.07. The Morgan fingerprint density at radius 2 is 1.61 bits per heavy atom. The standard InChI is InChI=1S/C25H23FN4O2S/c1-18-17-20(9-10-23(18)26)33(31,32)30-15-13-29(14-16-30)25-12-11-24(27-28-25)22-8-4-6-19-5-2-3-7-21(19)22/h2-12,17H,13-16H2,1H3. The molecule has 0 N–H and O–H groups in total. The first-order valence-electron chi connectivity index (χ1n) is 10.8. The van der Waals surface area contributed by atoms with E-state index in [1.807, 2.05) is 41.3 Å². The minimum absolute atomic E-state index is 0.120. The highest BCUT2D eigenvalue weighted by molar-refractivity contribution is 7.89. The summed E-state index contributed by atoms with van der Waals surface area (Å²) in [5.74, 6) is 0.304. The Bertz CT molecular complexity index is 1410. The second kappa shape index (κ2) is 8.53. The van der Waals surface area contributed by atoms with Gasteiger partial charge in [-0.3, -0.25) is 0 Å². The number of halogens is 1. The molecule has 0 aliphatic carbocycles. The largest absolute Gasteiger partial charge is 0.352 e. The van der Waals surface area contributed by atoms with Crippen molar-refractivity contribution < 1.29 is 12.8 Å². The van der Waals surface area contributed by atoms with Crippen molar-refractivity contribution in [1.82, 2.24) is 14.5 Å². The number of piperazine rings is 1. The molecule has 6 nitrogen and oxygen atoms in total. The number of nitrogens with zero attached hydrogens (tertiary/aromatic N) is 4. The van der Waals surface area contributed by atoms with Crippen LogP contribution in [0.2, 0.25) is 0 Å². The molecule has 0 unspecified atom stereocenters. The number of hydrogen-bond acceptors (Lipinski definition) is 5. The second-order valence-electron chi connectivity index (χ2n) is 8.11. The topological polar surface area (TPSA) is 66.4 Å². The molecule has 0 amide bonds. The van der Waals surface area contributed by atoms with Crippen molar-refractivity contribution in [3.05, 3.63) is 84.2 Å². The van der Waals surface area contributed by atoms with Crippen LogP contribution >= 0.6 is 0 Å². The lowest BCUT2D eigenvalue weighted by Crippen LogP contribution is -2.49. The lowest BCUT2D eigenvalue weighted by atomic mass is 10.0. The van der Waals surface area contributed by atoms with E-state index in [0.717, 1.165) is 22.0 Å². The van der Waals surface area contributed by atoms with E-state index in [1.165, 1.54) is 22.5 Å². The van der Waals surface area contributed by atoms with E-state index in [1.54, 1.807) is 6.92 Å². The Labute approximate surface area is 192 Å². The molecule has 5 rings (SSSR count). The molecule has 0 saturated carbocycles. The van der Waals surface area contributed by atoms with Crippen LogP contribution in [-0.2, 0) is 10.0 Å². The Morgan fingerprint density at radius 1 is 0.848 bits per heavy atom. The van der Waals surface area contributed by atoms with Gasteiger partial charge in [0.1, 0.15) is 5.82 Å². The first kappa shape index (κ1) is 21.5. The van der Waals surface area contributed by atoms with E-state index in [9.17, 15) is 12.8 Å². The number of fused-ring (bicyclic) bond motifs is 1. The van der Waals surface area contributed by atoms with Crippen LogP contribution in [-0.4, -0.2) is 49.1 Å². The number of benzene rings is 3. The Kier molecular flexibility index (Phi) is 5.55. The number of anilines is 1. The summed E-state index contributed by atoms with van der Waals surface area (Å²) < 4.78 is 40.9. The molecule has 0 atom stereocenters. The fourth-order valence-corrected chi connectivity index (χ4v) is 5.68. The number of sulfonamides is 1. The molecular weight excluding hydrogens is 439 g/mol. The van der Waals surface area contributed by atoms with Crippen LogP contribution < -0.4 is 4.90 Å². The molecule has 1 saturated heterocycles. The normalized spacial score (nSPS) is 15.2. The number of aryl methyl sites for hydroxylation is 1. The quantitative estimate of drug-likeness (QED) is 0.454. The van der Waals surface area contributed by atoms with Crippen molar-refractivity contribution in [3.8, 4) is 11.3 Å². The van der Waals surface area contributed by atoms with Crippen molar-refractivity contribution in [1.29, 1.82) is 0 Å². The Balaban J connectivity index is 1.31. The van der Waals surface area contributed by atoms with E-state index < -0.39 is 15.8 Å². The molecule has 1 fully saturated rings.